The lowest BCUT2D eigenvalue weighted by molar-refractivity contribution is 0.322. The van der Waals surface area contributed by atoms with E-state index in [4.69, 9.17) is 10.5 Å². The molecule has 1 rings (SSSR count). The van der Waals surface area contributed by atoms with Gasteiger partial charge in [0.25, 0.3) is 0 Å². The number of phenols is 1. The molecule has 0 heterocycles. The highest BCUT2D eigenvalue weighted by molar-refractivity contribution is 9.13. The van der Waals surface area contributed by atoms with Gasteiger partial charge in [-0.05, 0) is 48.9 Å². The molecule has 0 aliphatic rings. The number of aromatic hydroxyl groups is 1. The smallest absolute Gasteiger partial charge is 0.173 e. The second-order valence-electron chi connectivity index (χ2n) is 4.99. The number of benzene rings is 1. The van der Waals surface area contributed by atoms with Crippen molar-refractivity contribution in [2.24, 2.45) is 11.1 Å². The lowest BCUT2D eigenvalue weighted by atomic mass is 9.83. The molecule has 0 aliphatic heterocycles. The Morgan fingerprint density at radius 3 is 2.24 bits per heavy atom. The molecular weight excluding hydrogens is 350 g/mol. The quantitative estimate of drug-likeness (QED) is 0.832. The van der Waals surface area contributed by atoms with E-state index in [9.17, 15) is 5.11 Å². The third-order valence-corrected chi connectivity index (χ3v) is 4.82. The molecule has 0 spiro atoms. The maximum atomic E-state index is 9.84. The number of hydrogen-bond acceptors (Lipinski definition) is 3. The second kappa shape index (κ2) is 5.16. The molecule has 3 N–H and O–H groups in total. The van der Waals surface area contributed by atoms with Gasteiger partial charge in [0, 0.05) is 10.5 Å². The van der Waals surface area contributed by atoms with Crippen LogP contribution >= 0.6 is 31.9 Å². The van der Waals surface area contributed by atoms with Crippen molar-refractivity contribution in [2.45, 2.75) is 26.8 Å². The number of methoxy groups -OCH3 is 1. The molecule has 1 aromatic carbocycles. The molecular formula is C12H17Br2NO2. The third-order valence-electron chi connectivity index (χ3n) is 2.66. The lowest BCUT2D eigenvalue weighted by Crippen LogP contribution is -2.26. The molecule has 1 atom stereocenters. The fourth-order valence-electron chi connectivity index (χ4n) is 1.46. The SMILES string of the molecule is COc1cc([C@H](N)C(C)(C)C)c(Br)c(Br)c1O. The van der Waals surface area contributed by atoms with E-state index in [0.29, 0.717) is 10.2 Å². The van der Waals surface area contributed by atoms with E-state index in [0.717, 1.165) is 10.0 Å². The second-order valence-corrected chi connectivity index (χ2v) is 6.57. The Labute approximate surface area is 119 Å². The van der Waals surface area contributed by atoms with Crippen LogP contribution in [0.3, 0.4) is 0 Å². The minimum atomic E-state index is -0.164. The molecule has 96 valence electrons. The first-order chi connectivity index (χ1) is 7.70. The van der Waals surface area contributed by atoms with E-state index < -0.39 is 0 Å². The summed E-state index contributed by atoms with van der Waals surface area (Å²) in [4.78, 5) is 0. The van der Waals surface area contributed by atoms with Crippen molar-refractivity contribution in [1.29, 1.82) is 0 Å². The van der Waals surface area contributed by atoms with Crippen LogP contribution in [0.4, 0.5) is 0 Å². The van der Waals surface area contributed by atoms with Gasteiger partial charge >= 0.3 is 0 Å². The standard InChI is InChI=1S/C12H17Br2NO2/c1-12(2,3)11(15)6-5-7(17-4)10(16)9(14)8(6)13/h5,11,16H,15H2,1-4H3/t11-/m0/s1. The Bertz CT molecular complexity index is 427. The van der Waals surface area contributed by atoms with Crippen molar-refractivity contribution >= 4 is 31.9 Å². The molecule has 0 saturated heterocycles. The lowest BCUT2D eigenvalue weighted by Gasteiger charge is -2.29. The number of nitrogens with two attached hydrogens (primary N) is 1. The molecule has 0 amide bonds. The first-order valence-corrected chi connectivity index (χ1v) is 6.79. The molecule has 0 fully saturated rings. The Hall–Kier alpha value is -0.260. The van der Waals surface area contributed by atoms with E-state index in [1.54, 1.807) is 6.07 Å². The van der Waals surface area contributed by atoms with Crippen LogP contribution in [0.2, 0.25) is 0 Å². The van der Waals surface area contributed by atoms with Crippen LogP contribution in [0, 0.1) is 5.41 Å². The van der Waals surface area contributed by atoms with Gasteiger partial charge in [0.2, 0.25) is 0 Å². The van der Waals surface area contributed by atoms with Crippen molar-refractivity contribution in [2.75, 3.05) is 7.11 Å². The van der Waals surface area contributed by atoms with Gasteiger partial charge in [-0.3, -0.25) is 0 Å². The van der Waals surface area contributed by atoms with Crippen LogP contribution in [-0.4, -0.2) is 12.2 Å². The maximum absolute atomic E-state index is 9.84. The number of rotatable bonds is 2. The van der Waals surface area contributed by atoms with E-state index in [1.165, 1.54) is 7.11 Å². The highest BCUT2D eigenvalue weighted by atomic mass is 79.9. The summed E-state index contributed by atoms with van der Waals surface area (Å²) in [7, 11) is 1.52. The van der Waals surface area contributed by atoms with Crippen molar-refractivity contribution < 1.29 is 9.84 Å². The normalized spacial score (nSPS) is 13.6. The fraction of sp³-hybridized carbons (Fsp3) is 0.500. The summed E-state index contributed by atoms with van der Waals surface area (Å²) in [5, 5.41) is 9.84. The van der Waals surface area contributed by atoms with E-state index in [-0.39, 0.29) is 17.2 Å². The van der Waals surface area contributed by atoms with Crippen molar-refractivity contribution in [3.05, 3.63) is 20.6 Å². The average Bonchev–Trinajstić information content (AvgIpc) is 2.24. The highest BCUT2D eigenvalue weighted by Crippen LogP contribution is 2.45. The van der Waals surface area contributed by atoms with Crippen LogP contribution in [0.15, 0.2) is 15.0 Å². The molecule has 17 heavy (non-hydrogen) atoms. The van der Waals surface area contributed by atoms with Crippen molar-refractivity contribution in [3.8, 4) is 11.5 Å². The monoisotopic (exact) mass is 365 g/mol. The molecule has 0 saturated carbocycles. The van der Waals surface area contributed by atoms with Crippen LogP contribution < -0.4 is 10.5 Å². The maximum Gasteiger partial charge on any atom is 0.173 e. The Morgan fingerprint density at radius 2 is 1.82 bits per heavy atom. The molecule has 0 aliphatic carbocycles. The number of hydrogen-bond donors (Lipinski definition) is 2. The first kappa shape index (κ1) is 14.8. The zero-order valence-corrected chi connectivity index (χ0v) is 13.5. The van der Waals surface area contributed by atoms with E-state index in [2.05, 4.69) is 52.6 Å². The number of halogens is 2. The van der Waals surface area contributed by atoms with Gasteiger partial charge in [-0.25, -0.2) is 0 Å². The van der Waals surface area contributed by atoms with Crippen molar-refractivity contribution in [3.63, 3.8) is 0 Å². The first-order valence-electron chi connectivity index (χ1n) is 5.20. The minimum Gasteiger partial charge on any atom is -0.503 e. The Kier molecular flexibility index (Phi) is 4.49. The van der Waals surface area contributed by atoms with Gasteiger partial charge < -0.3 is 15.6 Å². The highest BCUT2D eigenvalue weighted by Gasteiger charge is 2.27. The van der Waals surface area contributed by atoms with Gasteiger partial charge in [0.1, 0.15) is 0 Å². The zero-order chi connectivity index (χ0) is 13.4. The summed E-state index contributed by atoms with van der Waals surface area (Å²) in [5.74, 6) is 0.485. The third kappa shape index (κ3) is 2.95. The molecule has 0 unspecified atom stereocenters. The molecule has 0 radical (unpaired) electrons. The van der Waals surface area contributed by atoms with Crippen LogP contribution in [-0.2, 0) is 0 Å². The minimum absolute atomic E-state index is 0.0734. The van der Waals surface area contributed by atoms with Gasteiger partial charge in [-0.15, -0.1) is 0 Å². The summed E-state index contributed by atoms with van der Waals surface area (Å²) in [6.07, 6.45) is 0. The topological polar surface area (TPSA) is 55.5 Å². The van der Waals surface area contributed by atoms with E-state index in [1.807, 2.05) is 0 Å². The van der Waals surface area contributed by atoms with Gasteiger partial charge in [0.15, 0.2) is 11.5 Å². The van der Waals surface area contributed by atoms with Crippen LogP contribution in [0.25, 0.3) is 0 Å². The zero-order valence-electron chi connectivity index (χ0n) is 10.3. The molecule has 0 bridgehead atoms. The Balaban J connectivity index is 3.40. The molecule has 5 heteroatoms. The number of ether oxygens (including phenoxy) is 1. The van der Waals surface area contributed by atoms with Crippen LogP contribution in [0.5, 0.6) is 11.5 Å². The summed E-state index contributed by atoms with van der Waals surface area (Å²) >= 11 is 6.77. The Morgan fingerprint density at radius 1 is 1.29 bits per heavy atom. The van der Waals surface area contributed by atoms with Gasteiger partial charge in [-0.1, -0.05) is 20.8 Å². The summed E-state index contributed by atoms with van der Waals surface area (Å²) in [5.41, 5.74) is 7.05. The summed E-state index contributed by atoms with van der Waals surface area (Å²) < 4.78 is 6.45. The summed E-state index contributed by atoms with van der Waals surface area (Å²) in [6.45, 7) is 6.20. The average molecular weight is 367 g/mol. The van der Waals surface area contributed by atoms with Gasteiger partial charge in [0.05, 0.1) is 11.6 Å². The predicted octanol–water partition coefficient (Wildman–Crippen LogP) is 3.97. The predicted molar refractivity (Wildman–Crippen MR) is 76.4 cm³/mol. The fourth-order valence-corrected chi connectivity index (χ4v) is 2.43. The summed E-state index contributed by atoms with van der Waals surface area (Å²) in [6, 6.07) is 1.60. The van der Waals surface area contributed by atoms with Crippen LogP contribution in [0.1, 0.15) is 32.4 Å². The van der Waals surface area contributed by atoms with Gasteiger partial charge in [-0.2, -0.15) is 0 Å². The number of phenolic OH excluding ortho intramolecular Hbond substituents is 1. The van der Waals surface area contributed by atoms with Crippen molar-refractivity contribution in [1.82, 2.24) is 0 Å². The largest absolute Gasteiger partial charge is 0.503 e. The van der Waals surface area contributed by atoms with E-state index >= 15 is 0 Å². The molecule has 0 aromatic heterocycles. The molecule has 1 aromatic rings. The molecule has 3 nitrogen and oxygen atoms in total.